The van der Waals surface area contributed by atoms with E-state index in [0.717, 1.165) is 10.0 Å². The normalized spacial score (nSPS) is 22.8. The van der Waals surface area contributed by atoms with Gasteiger partial charge in [0, 0.05) is 16.7 Å². The van der Waals surface area contributed by atoms with Gasteiger partial charge in [0.25, 0.3) is 0 Å². The van der Waals surface area contributed by atoms with E-state index in [4.69, 9.17) is 21.7 Å². The van der Waals surface area contributed by atoms with Crippen molar-refractivity contribution in [3.63, 3.8) is 0 Å². The number of carbonyl (C=O) groups is 1. The van der Waals surface area contributed by atoms with Crippen LogP contribution in [0.15, 0.2) is 28.7 Å². The van der Waals surface area contributed by atoms with Crippen LogP contribution in [0.2, 0.25) is 0 Å². The van der Waals surface area contributed by atoms with Gasteiger partial charge in [0.1, 0.15) is 0 Å². The van der Waals surface area contributed by atoms with Gasteiger partial charge in [-0.25, -0.2) is 4.79 Å². The summed E-state index contributed by atoms with van der Waals surface area (Å²) >= 11 is 8.14. The summed E-state index contributed by atoms with van der Waals surface area (Å²) < 4.78 is 16.0. The second-order valence-corrected chi connectivity index (χ2v) is 4.65. The van der Waals surface area contributed by atoms with Crippen molar-refractivity contribution in [2.24, 2.45) is 0 Å². The zero-order valence-electron chi connectivity index (χ0n) is 8.88. The fraction of sp³-hybridized carbons (Fsp3) is 0.273. The average Bonchev–Trinajstić information content (AvgIpc) is 2.71. The van der Waals surface area contributed by atoms with E-state index in [1.165, 1.54) is 7.11 Å². The van der Waals surface area contributed by atoms with Crippen molar-refractivity contribution in [2.45, 2.75) is 12.2 Å². The number of halogens is 1. The predicted molar refractivity (Wildman–Crippen MR) is 67.5 cm³/mol. The largest absolute Gasteiger partial charge is 0.466 e. The van der Waals surface area contributed by atoms with Gasteiger partial charge >= 0.3 is 11.2 Å². The zero-order valence-corrected chi connectivity index (χ0v) is 11.3. The minimum absolute atomic E-state index is 0.0340. The van der Waals surface area contributed by atoms with Crippen LogP contribution in [-0.2, 0) is 19.0 Å². The van der Waals surface area contributed by atoms with Crippen LogP contribution in [0, 0.1) is 0 Å². The summed E-state index contributed by atoms with van der Waals surface area (Å²) in [7, 11) is 1.30. The maximum Gasteiger partial charge on any atom is 0.354 e. The van der Waals surface area contributed by atoms with Gasteiger partial charge in [0.2, 0.25) is 6.10 Å². The Kier molecular flexibility index (Phi) is 3.63. The predicted octanol–water partition coefficient (Wildman–Crippen LogP) is 2.36. The van der Waals surface area contributed by atoms with Crippen LogP contribution >= 0.6 is 28.1 Å². The summed E-state index contributed by atoms with van der Waals surface area (Å²) in [4.78, 5) is 11.5. The number of thiocarbonyl (C=S) groups is 1. The molecular formula is C11H9BrO4S. The highest BCUT2D eigenvalue weighted by Crippen LogP contribution is 2.31. The molecular weight excluding hydrogens is 308 g/mol. The molecule has 4 nitrogen and oxygen atoms in total. The summed E-state index contributed by atoms with van der Waals surface area (Å²) in [6, 6.07) is 7.38. The van der Waals surface area contributed by atoms with Gasteiger partial charge in [-0.1, -0.05) is 28.1 Å². The fourth-order valence-corrected chi connectivity index (χ4v) is 2.01. The third kappa shape index (κ3) is 2.58. The lowest BCUT2D eigenvalue weighted by molar-refractivity contribution is -0.150. The number of methoxy groups -OCH3 is 1. The Morgan fingerprint density at radius 3 is 2.59 bits per heavy atom. The Balaban J connectivity index is 2.26. The first-order valence-corrected chi connectivity index (χ1v) is 6.02. The van der Waals surface area contributed by atoms with E-state index in [2.05, 4.69) is 20.7 Å². The minimum atomic E-state index is -0.839. The van der Waals surface area contributed by atoms with Crippen LogP contribution in [0.25, 0.3) is 0 Å². The molecule has 6 heteroatoms. The molecule has 1 aromatic carbocycles. The Bertz CT molecular complexity index is 445. The first-order chi connectivity index (χ1) is 8.11. The maximum absolute atomic E-state index is 11.5. The number of benzene rings is 1. The highest BCUT2D eigenvalue weighted by atomic mass is 79.9. The number of hydrogen-bond donors (Lipinski definition) is 0. The van der Waals surface area contributed by atoms with E-state index in [1.807, 2.05) is 24.3 Å². The molecule has 2 rings (SSSR count). The van der Waals surface area contributed by atoms with E-state index < -0.39 is 18.2 Å². The second-order valence-electron chi connectivity index (χ2n) is 3.40. The van der Waals surface area contributed by atoms with Gasteiger partial charge < -0.3 is 14.2 Å². The molecule has 0 aromatic heterocycles. The van der Waals surface area contributed by atoms with Crippen molar-refractivity contribution in [1.82, 2.24) is 0 Å². The van der Waals surface area contributed by atoms with Gasteiger partial charge in [-0.3, -0.25) is 0 Å². The summed E-state index contributed by atoms with van der Waals surface area (Å²) in [5, 5.41) is -0.0340. The molecule has 0 bridgehead atoms. The quantitative estimate of drug-likeness (QED) is 0.619. The molecule has 2 unspecified atom stereocenters. The standard InChI is InChI=1S/C11H9BrO4S/c1-14-10(13)9-8(15-11(17)16-9)6-2-4-7(12)5-3-6/h2-5,8-9H,1H3. The van der Waals surface area contributed by atoms with Crippen LogP contribution in [0.4, 0.5) is 0 Å². The fourth-order valence-electron chi connectivity index (χ4n) is 1.54. The molecule has 1 heterocycles. The molecule has 1 aliphatic heterocycles. The van der Waals surface area contributed by atoms with Gasteiger partial charge in [0.05, 0.1) is 7.11 Å². The highest BCUT2D eigenvalue weighted by Gasteiger charge is 2.41. The first kappa shape index (κ1) is 12.3. The molecule has 17 heavy (non-hydrogen) atoms. The maximum atomic E-state index is 11.5. The Morgan fingerprint density at radius 1 is 1.35 bits per heavy atom. The molecule has 0 amide bonds. The molecule has 0 radical (unpaired) electrons. The Labute approximate surface area is 112 Å². The summed E-state index contributed by atoms with van der Waals surface area (Å²) in [5.74, 6) is -0.502. The summed E-state index contributed by atoms with van der Waals surface area (Å²) in [5.41, 5.74) is 0.809. The minimum Gasteiger partial charge on any atom is -0.466 e. The van der Waals surface area contributed by atoms with Gasteiger partial charge in [-0.2, -0.15) is 0 Å². The Hall–Kier alpha value is -1.14. The Morgan fingerprint density at radius 2 is 2.00 bits per heavy atom. The lowest BCUT2D eigenvalue weighted by atomic mass is 10.0. The summed E-state index contributed by atoms with van der Waals surface area (Å²) in [6.07, 6.45) is -1.39. The van der Waals surface area contributed by atoms with Crippen LogP contribution in [0.3, 0.4) is 0 Å². The molecule has 0 spiro atoms. The van der Waals surface area contributed by atoms with Crippen LogP contribution in [0.5, 0.6) is 0 Å². The topological polar surface area (TPSA) is 44.8 Å². The van der Waals surface area contributed by atoms with Crippen LogP contribution in [0.1, 0.15) is 11.7 Å². The number of rotatable bonds is 2. The summed E-state index contributed by atoms with van der Waals surface area (Å²) in [6.45, 7) is 0. The number of hydrogen-bond acceptors (Lipinski definition) is 5. The van der Waals surface area contributed by atoms with Gasteiger partial charge in [-0.15, -0.1) is 0 Å². The third-order valence-electron chi connectivity index (χ3n) is 2.35. The highest BCUT2D eigenvalue weighted by molar-refractivity contribution is 9.10. The lowest BCUT2D eigenvalue weighted by Gasteiger charge is -2.13. The van der Waals surface area contributed by atoms with Gasteiger partial charge in [-0.05, 0) is 17.7 Å². The van der Waals surface area contributed by atoms with Crippen molar-refractivity contribution < 1.29 is 19.0 Å². The first-order valence-electron chi connectivity index (χ1n) is 4.82. The van der Waals surface area contributed by atoms with Crippen molar-refractivity contribution in [1.29, 1.82) is 0 Å². The van der Waals surface area contributed by atoms with Crippen molar-refractivity contribution in [3.05, 3.63) is 34.3 Å². The molecule has 1 aliphatic rings. The monoisotopic (exact) mass is 316 g/mol. The second kappa shape index (κ2) is 5.01. The molecule has 0 N–H and O–H groups in total. The van der Waals surface area contributed by atoms with Crippen molar-refractivity contribution in [2.75, 3.05) is 7.11 Å². The smallest absolute Gasteiger partial charge is 0.354 e. The van der Waals surface area contributed by atoms with E-state index >= 15 is 0 Å². The molecule has 1 fully saturated rings. The van der Waals surface area contributed by atoms with Crippen molar-refractivity contribution >= 4 is 39.4 Å². The number of carbonyl (C=O) groups excluding carboxylic acids is 1. The van der Waals surface area contributed by atoms with E-state index in [9.17, 15) is 4.79 Å². The molecule has 2 atom stereocenters. The number of esters is 1. The number of ether oxygens (including phenoxy) is 3. The molecule has 0 aliphatic carbocycles. The van der Waals surface area contributed by atoms with Crippen molar-refractivity contribution in [3.8, 4) is 0 Å². The van der Waals surface area contributed by atoms with E-state index in [0.29, 0.717) is 0 Å². The molecule has 1 saturated heterocycles. The van der Waals surface area contributed by atoms with E-state index in [-0.39, 0.29) is 5.24 Å². The van der Waals surface area contributed by atoms with Gasteiger partial charge in [0.15, 0.2) is 6.10 Å². The lowest BCUT2D eigenvalue weighted by Crippen LogP contribution is -2.27. The molecule has 90 valence electrons. The van der Waals surface area contributed by atoms with E-state index in [1.54, 1.807) is 0 Å². The van der Waals surface area contributed by atoms with Crippen LogP contribution < -0.4 is 0 Å². The third-order valence-corrected chi connectivity index (χ3v) is 3.07. The zero-order chi connectivity index (χ0) is 12.4. The average molecular weight is 317 g/mol. The molecule has 0 saturated carbocycles. The molecule has 1 aromatic rings. The SMILES string of the molecule is COC(=O)C1OC(=S)OC1c1ccc(Br)cc1. The van der Waals surface area contributed by atoms with Crippen LogP contribution in [-0.4, -0.2) is 24.4 Å².